The molecule has 38 heavy (non-hydrogen) atoms. The zero-order valence-corrected chi connectivity index (χ0v) is 22.9. The minimum absolute atomic E-state index is 0.0663. The van der Waals surface area contributed by atoms with E-state index in [9.17, 15) is 29.1 Å². The third-order valence-corrected chi connectivity index (χ3v) is 5.17. The number of nitrogens with zero attached hydrogens (tertiary/aromatic N) is 1. The highest BCUT2D eigenvalue weighted by atomic mass is 16.6. The van der Waals surface area contributed by atoms with Crippen molar-refractivity contribution in [1.82, 2.24) is 15.5 Å². The van der Waals surface area contributed by atoms with Crippen LogP contribution in [-0.4, -0.2) is 70.6 Å². The first-order chi connectivity index (χ1) is 17.7. The molecule has 0 aliphatic heterocycles. The van der Waals surface area contributed by atoms with Crippen LogP contribution < -0.4 is 16.4 Å². The minimum atomic E-state index is -1.33. The van der Waals surface area contributed by atoms with Crippen LogP contribution in [-0.2, 0) is 28.7 Å². The number of nitrogens with two attached hydrogens (primary N) is 1. The van der Waals surface area contributed by atoms with Gasteiger partial charge in [0.05, 0.1) is 13.0 Å². The van der Waals surface area contributed by atoms with Gasteiger partial charge in [-0.2, -0.15) is 0 Å². The number of rotatable bonds is 13. The van der Waals surface area contributed by atoms with Gasteiger partial charge in [0.2, 0.25) is 17.7 Å². The molecular formula is C26H40N4O8. The van der Waals surface area contributed by atoms with E-state index < -0.39 is 53.5 Å². The average Bonchev–Trinajstić information content (AvgIpc) is 2.79. The number of carbonyl (C=O) groups excluding carboxylic acids is 5. The maximum absolute atomic E-state index is 13.9. The number of phenolic OH excluding ortho intramolecular Hbond substituents is 1. The number of amides is 4. The lowest BCUT2D eigenvalue weighted by Gasteiger charge is -2.37. The molecular weight excluding hydrogens is 496 g/mol. The van der Waals surface area contributed by atoms with Crippen molar-refractivity contribution in [3.8, 4) is 5.75 Å². The van der Waals surface area contributed by atoms with Crippen LogP contribution in [0.15, 0.2) is 24.3 Å². The number of phenols is 1. The number of carbonyl (C=O) groups is 5. The number of ether oxygens (including phenoxy) is 2. The standard InChI is InChI=1S/C26H40N4O8/c1-7-37-21(33)14-15-28-23(34)22(17-10-8-9-11-19(17)31)30(16(2)3)24(35)18(12-13-20(27)32)29-25(36)38-26(4,5)6/h8-11,16,18,22,31H,7,12-15H2,1-6H3,(H2,27,32)(H,28,34)(H,29,36). The fourth-order valence-corrected chi connectivity index (χ4v) is 3.61. The van der Waals surface area contributed by atoms with Crippen molar-refractivity contribution in [2.45, 2.75) is 84.5 Å². The number of hydrogen-bond acceptors (Lipinski definition) is 8. The predicted octanol–water partition coefficient (Wildman–Crippen LogP) is 1.90. The zero-order valence-electron chi connectivity index (χ0n) is 22.9. The van der Waals surface area contributed by atoms with E-state index in [1.54, 1.807) is 53.7 Å². The fourth-order valence-electron chi connectivity index (χ4n) is 3.61. The smallest absolute Gasteiger partial charge is 0.408 e. The number of alkyl carbamates (subject to hydrolysis) is 1. The summed E-state index contributed by atoms with van der Waals surface area (Å²) in [5.74, 6) is -2.77. The number of esters is 1. The molecule has 0 aromatic heterocycles. The topological polar surface area (TPSA) is 177 Å². The first kappa shape index (κ1) is 32.2. The Labute approximate surface area is 223 Å². The molecule has 12 heteroatoms. The first-order valence-corrected chi connectivity index (χ1v) is 12.5. The summed E-state index contributed by atoms with van der Waals surface area (Å²) >= 11 is 0. The Morgan fingerprint density at radius 1 is 1.08 bits per heavy atom. The molecule has 0 aliphatic carbocycles. The lowest BCUT2D eigenvalue weighted by atomic mass is 9.99. The highest BCUT2D eigenvalue weighted by Gasteiger charge is 2.38. The van der Waals surface area contributed by atoms with Gasteiger partial charge >= 0.3 is 12.1 Å². The molecule has 0 radical (unpaired) electrons. The van der Waals surface area contributed by atoms with Crippen LogP contribution in [0.4, 0.5) is 4.79 Å². The summed E-state index contributed by atoms with van der Waals surface area (Å²) < 4.78 is 10.1. The molecule has 0 aliphatic rings. The molecule has 2 atom stereocenters. The maximum atomic E-state index is 13.9. The summed E-state index contributed by atoms with van der Waals surface area (Å²) in [5, 5.41) is 15.7. The van der Waals surface area contributed by atoms with E-state index in [-0.39, 0.29) is 43.7 Å². The Kier molecular flexibility index (Phi) is 12.5. The molecule has 0 heterocycles. The molecule has 12 nitrogen and oxygen atoms in total. The van der Waals surface area contributed by atoms with E-state index >= 15 is 0 Å². The number of nitrogens with one attached hydrogen (secondary N) is 2. The monoisotopic (exact) mass is 536 g/mol. The SMILES string of the molecule is CCOC(=O)CCNC(=O)C(c1ccccc1O)N(C(=O)C(CCC(N)=O)NC(=O)OC(C)(C)C)C(C)C. The van der Waals surface area contributed by atoms with Gasteiger partial charge in [-0.15, -0.1) is 0 Å². The Morgan fingerprint density at radius 2 is 1.71 bits per heavy atom. The van der Waals surface area contributed by atoms with Gasteiger partial charge in [-0.1, -0.05) is 18.2 Å². The van der Waals surface area contributed by atoms with Gasteiger partial charge in [-0.05, 0) is 54.0 Å². The fraction of sp³-hybridized carbons (Fsp3) is 0.577. The molecule has 0 saturated carbocycles. The first-order valence-electron chi connectivity index (χ1n) is 12.5. The second-order valence-electron chi connectivity index (χ2n) is 9.85. The molecule has 4 amide bonds. The van der Waals surface area contributed by atoms with Gasteiger partial charge in [0.1, 0.15) is 23.4 Å². The van der Waals surface area contributed by atoms with Gasteiger partial charge in [-0.25, -0.2) is 4.79 Å². The second kappa shape index (κ2) is 14.8. The highest BCUT2D eigenvalue weighted by Crippen LogP contribution is 2.31. The second-order valence-corrected chi connectivity index (χ2v) is 9.85. The molecule has 1 aromatic carbocycles. The van der Waals surface area contributed by atoms with Gasteiger partial charge in [0.25, 0.3) is 0 Å². The van der Waals surface area contributed by atoms with Crippen molar-refractivity contribution in [2.75, 3.05) is 13.2 Å². The summed E-state index contributed by atoms with van der Waals surface area (Å²) in [6.07, 6.45) is -1.34. The van der Waals surface area contributed by atoms with Crippen molar-refractivity contribution >= 4 is 29.8 Å². The van der Waals surface area contributed by atoms with Crippen molar-refractivity contribution in [3.63, 3.8) is 0 Å². The Hall–Kier alpha value is -3.83. The Bertz CT molecular complexity index is 990. The number of para-hydroxylation sites is 1. The van der Waals surface area contributed by atoms with Crippen LogP contribution in [0.1, 0.15) is 72.4 Å². The lowest BCUT2D eigenvalue weighted by molar-refractivity contribution is -0.146. The van der Waals surface area contributed by atoms with E-state index in [1.165, 1.54) is 17.0 Å². The Balaban J connectivity index is 3.40. The molecule has 0 bridgehead atoms. The molecule has 1 aromatic rings. The molecule has 0 saturated heterocycles. The van der Waals surface area contributed by atoms with Crippen molar-refractivity contribution in [3.05, 3.63) is 29.8 Å². The molecule has 0 fully saturated rings. The van der Waals surface area contributed by atoms with Crippen molar-refractivity contribution < 1.29 is 38.6 Å². The third-order valence-electron chi connectivity index (χ3n) is 5.17. The van der Waals surface area contributed by atoms with Gasteiger partial charge in [0, 0.05) is 24.6 Å². The zero-order chi connectivity index (χ0) is 29.0. The van der Waals surface area contributed by atoms with E-state index in [0.717, 1.165) is 0 Å². The molecule has 5 N–H and O–H groups in total. The third kappa shape index (κ3) is 10.7. The van der Waals surface area contributed by atoms with E-state index in [2.05, 4.69) is 10.6 Å². The number of aromatic hydroxyl groups is 1. The summed E-state index contributed by atoms with van der Waals surface area (Å²) in [5.41, 5.74) is 4.57. The number of hydrogen-bond donors (Lipinski definition) is 4. The summed E-state index contributed by atoms with van der Waals surface area (Å²) in [6, 6.07) is 2.84. The van der Waals surface area contributed by atoms with Crippen LogP contribution in [0.3, 0.4) is 0 Å². The summed E-state index contributed by atoms with van der Waals surface area (Å²) in [6.45, 7) is 10.1. The normalized spacial score (nSPS) is 12.7. The minimum Gasteiger partial charge on any atom is -0.508 e. The van der Waals surface area contributed by atoms with Gasteiger partial charge < -0.3 is 35.8 Å². The molecule has 2 unspecified atom stereocenters. The maximum Gasteiger partial charge on any atom is 0.408 e. The summed E-state index contributed by atoms with van der Waals surface area (Å²) in [4.78, 5) is 64.2. The van der Waals surface area contributed by atoms with Crippen LogP contribution in [0, 0.1) is 0 Å². The van der Waals surface area contributed by atoms with Crippen molar-refractivity contribution in [1.29, 1.82) is 0 Å². The lowest BCUT2D eigenvalue weighted by Crippen LogP contribution is -2.55. The van der Waals surface area contributed by atoms with Crippen molar-refractivity contribution in [2.24, 2.45) is 5.73 Å². The summed E-state index contributed by atoms with van der Waals surface area (Å²) in [7, 11) is 0. The van der Waals surface area contributed by atoms with E-state index in [0.29, 0.717) is 0 Å². The van der Waals surface area contributed by atoms with E-state index in [4.69, 9.17) is 15.2 Å². The quantitative estimate of drug-likeness (QED) is 0.276. The van der Waals surface area contributed by atoms with Crippen LogP contribution in [0.25, 0.3) is 0 Å². The van der Waals surface area contributed by atoms with Gasteiger partial charge in [-0.3, -0.25) is 19.2 Å². The molecule has 0 spiro atoms. The molecule has 1 rings (SSSR count). The van der Waals surface area contributed by atoms with Crippen LogP contribution >= 0.6 is 0 Å². The van der Waals surface area contributed by atoms with Crippen LogP contribution in [0.2, 0.25) is 0 Å². The highest BCUT2D eigenvalue weighted by molar-refractivity contribution is 5.93. The molecule has 212 valence electrons. The largest absolute Gasteiger partial charge is 0.508 e. The number of benzene rings is 1. The number of primary amides is 1. The average molecular weight is 537 g/mol. The predicted molar refractivity (Wildman–Crippen MR) is 139 cm³/mol. The Morgan fingerprint density at radius 3 is 2.24 bits per heavy atom. The van der Waals surface area contributed by atoms with E-state index in [1.807, 2.05) is 0 Å². The van der Waals surface area contributed by atoms with Crippen LogP contribution in [0.5, 0.6) is 5.75 Å². The van der Waals surface area contributed by atoms with Gasteiger partial charge in [0.15, 0.2) is 0 Å².